The standard InChI is InChI=1S/C28H26F3N5O2/c29-22-7-23(30)9-24(8-22)35-27(37)36-14-20-12-34-13-21(15-36)28(20,38)19-3-1-17(2-4-19)26-18(11-33)5-16(10-32)6-25(26)31/h1-9,20-21,34,38H,10,12-15,32H2,(H,35,37)/t20-,21+,28?. The van der Waals surface area contributed by atoms with Crippen molar-refractivity contribution in [2.24, 2.45) is 17.6 Å². The van der Waals surface area contributed by atoms with E-state index in [1.165, 1.54) is 11.0 Å². The molecule has 2 amide bonds. The Morgan fingerprint density at radius 2 is 1.71 bits per heavy atom. The maximum atomic E-state index is 14.9. The van der Waals surface area contributed by atoms with E-state index in [0.717, 1.165) is 18.2 Å². The number of hydrogen-bond donors (Lipinski definition) is 4. The summed E-state index contributed by atoms with van der Waals surface area (Å²) in [6, 6.07) is 14.0. The number of carbonyl (C=O) groups is 1. The molecule has 10 heteroatoms. The molecule has 7 nitrogen and oxygen atoms in total. The van der Waals surface area contributed by atoms with Crippen LogP contribution in [0.1, 0.15) is 16.7 Å². The molecule has 0 aromatic heterocycles. The summed E-state index contributed by atoms with van der Waals surface area (Å²) < 4.78 is 41.9. The van der Waals surface area contributed by atoms with Crippen molar-refractivity contribution >= 4 is 11.7 Å². The number of nitrogens with zero attached hydrogens (tertiary/aromatic N) is 2. The molecular formula is C28H26F3N5O2. The van der Waals surface area contributed by atoms with Gasteiger partial charge in [0.2, 0.25) is 0 Å². The Bertz CT molecular complexity index is 1390. The van der Waals surface area contributed by atoms with Gasteiger partial charge in [-0.3, -0.25) is 0 Å². The highest BCUT2D eigenvalue weighted by Gasteiger charge is 2.52. The van der Waals surface area contributed by atoms with Crippen LogP contribution in [-0.2, 0) is 12.1 Å². The van der Waals surface area contributed by atoms with Gasteiger partial charge in [0.1, 0.15) is 23.1 Å². The first-order valence-electron chi connectivity index (χ1n) is 12.2. The van der Waals surface area contributed by atoms with Crippen LogP contribution in [0.15, 0.2) is 54.6 Å². The molecule has 3 aromatic carbocycles. The first-order valence-corrected chi connectivity index (χ1v) is 12.2. The van der Waals surface area contributed by atoms with E-state index in [2.05, 4.69) is 10.6 Å². The summed E-state index contributed by atoms with van der Waals surface area (Å²) in [5.74, 6) is -2.88. The fraction of sp³-hybridized carbons (Fsp3) is 0.286. The van der Waals surface area contributed by atoms with Crippen molar-refractivity contribution in [3.05, 3.63) is 88.7 Å². The molecule has 0 aliphatic carbocycles. The second kappa shape index (κ2) is 10.1. The van der Waals surface area contributed by atoms with E-state index in [0.29, 0.717) is 29.8 Å². The monoisotopic (exact) mass is 521 g/mol. The van der Waals surface area contributed by atoms with E-state index < -0.39 is 29.1 Å². The Hall–Kier alpha value is -3.91. The van der Waals surface area contributed by atoms with Gasteiger partial charge in [0.05, 0.1) is 11.6 Å². The maximum Gasteiger partial charge on any atom is 0.321 e. The Balaban J connectivity index is 1.38. The van der Waals surface area contributed by atoms with Crippen LogP contribution in [0.2, 0.25) is 0 Å². The number of carbonyl (C=O) groups excluding carboxylic acids is 1. The molecule has 2 bridgehead atoms. The minimum Gasteiger partial charge on any atom is -0.384 e. The summed E-state index contributed by atoms with van der Waals surface area (Å²) in [5.41, 5.74) is 6.35. The number of urea groups is 1. The lowest BCUT2D eigenvalue weighted by atomic mass is 9.67. The Morgan fingerprint density at radius 1 is 1.08 bits per heavy atom. The molecule has 5 N–H and O–H groups in total. The Labute approximate surface area is 217 Å². The molecule has 2 heterocycles. The molecule has 0 radical (unpaired) electrons. The van der Waals surface area contributed by atoms with Crippen molar-refractivity contribution in [2.45, 2.75) is 12.1 Å². The predicted octanol–water partition coefficient (Wildman–Crippen LogP) is 3.67. The molecule has 38 heavy (non-hydrogen) atoms. The Morgan fingerprint density at radius 3 is 2.29 bits per heavy atom. The molecule has 3 atom stereocenters. The molecule has 0 saturated carbocycles. The number of nitrogens with two attached hydrogens (primary N) is 1. The van der Waals surface area contributed by atoms with Gasteiger partial charge in [-0.1, -0.05) is 24.3 Å². The number of anilines is 1. The highest BCUT2D eigenvalue weighted by atomic mass is 19.1. The third-order valence-electron chi connectivity index (χ3n) is 7.45. The number of nitrogens with one attached hydrogen (secondary N) is 2. The van der Waals surface area contributed by atoms with E-state index >= 15 is 0 Å². The summed E-state index contributed by atoms with van der Waals surface area (Å²) in [4.78, 5) is 14.4. The summed E-state index contributed by atoms with van der Waals surface area (Å²) in [6.45, 7) is 1.42. The molecular weight excluding hydrogens is 495 g/mol. The van der Waals surface area contributed by atoms with Gasteiger partial charge in [0.25, 0.3) is 0 Å². The molecule has 2 fully saturated rings. The van der Waals surface area contributed by atoms with E-state index in [-0.39, 0.29) is 48.3 Å². The topological polar surface area (TPSA) is 114 Å². The first-order chi connectivity index (χ1) is 18.2. The minimum atomic E-state index is -1.26. The fourth-order valence-electron chi connectivity index (χ4n) is 5.62. The molecule has 5 rings (SSSR count). The summed E-state index contributed by atoms with van der Waals surface area (Å²) in [7, 11) is 0. The number of piperidine rings is 2. The lowest BCUT2D eigenvalue weighted by Gasteiger charge is -2.53. The number of rotatable bonds is 4. The molecule has 2 saturated heterocycles. The summed E-state index contributed by atoms with van der Waals surface area (Å²) in [6.07, 6.45) is 0. The molecule has 196 valence electrons. The third kappa shape index (κ3) is 4.60. The van der Waals surface area contributed by atoms with Crippen LogP contribution in [0, 0.1) is 40.6 Å². The van der Waals surface area contributed by atoms with Gasteiger partial charge in [-0.2, -0.15) is 5.26 Å². The number of hydrogen-bond acceptors (Lipinski definition) is 5. The summed E-state index contributed by atoms with van der Waals surface area (Å²) >= 11 is 0. The van der Waals surface area contributed by atoms with Gasteiger partial charge in [0.15, 0.2) is 0 Å². The fourth-order valence-corrected chi connectivity index (χ4v) is 5.62. The largest absolute Gasteiger partial charge is 0.384 e. The van der Waals surface area contributed by atoms with Crippen molar-refractivity contribution in [3.8, 4) is 17.2 Å². The molecule has 0 spiro atoms. The predicted molar refractivity (Wildman–Crippen MR) is 135 cm³/mol. The van der Waals surface area contributed by atoms with Gasteiger partial charge < -0.3 is 26.4 Å². The van der Waals surface area contributed by atoms with Crippen molar-refractivity contribution in [2.75, 3.05) is 31.5 Å². The lowest BCUT2D eigenvalue weighted by molar-refractivity contribution is -0.129. The number of aliphatic hydroxyl groups is 1. The average Bonchev–Trinajstić information content (AvgIpc) is 2.87. The van der Waals surface area contributed by atoms with Gasteiger partial charge in [-0.15, -0.1) is 0 Å². The minimum absolute atomic E-state index is 0.00988. The number of benzene rings is 3. The number of amides is 2. The normalized spacial score (nSPS) is 22.6. The zero-order valence-electron chi connectivity index (χ0n) is 20.3. The zero-order chi connectivity index (χ0) is 27.0. The van der Waals surface area contributed by atoms with E-state index in [9.17, 15) is 28.3 Å². The van der Waals surface area contributed by atoms with Gasteiger partial charge in [0, 0.05) is 61.9 Å². The Kier molecular flexibility index (Phi) is 6.84. The second-order valence-electron chi connectivity index (χ2n) is 9.76. The highest BCUT2D eigenvalue weighted by Crippen LogP contribution is 2.44. The third-order valence-corrected chi connectivity index (χ3v) is 7.45. The second-order valence-corrected chi connectivity index (χ2v) is 9.76. The van der Waals surface area contributed by atoms with Crippen molar-refractivity contribution in [1.82, 2.24) is 10.2 Å². The zero-order valence-corrected chi connectivity index (χ0v) is 20.3. The highest BCUT2D eigenvalue weighted by molar-refractivity contribution is 5.89. The van der Waals surface area contributed by atoms with Gasteiger partial charge in [-0.25, -0.2) is 18.0 Å². The first kappa shape index (κ1) is 25.7. The lowest BCUT2D eigenvalue weighted by Crippen LogP contribution is -2.65. The van der Waals surface area contributed by atoms with E-state index in [4.69, 9.17) is 5.73 Å². The van der Waals surface area contributed by atoms with Crippen LogP contribution in [0.3, 0.4) is 0 Å². The number of halogens is 3. The van der Waals surface area contributed by atoms with Crippen LogP contribution in [-0.4, -0.2) is 42.2 Å². The molecule has 1 unspecified atom stereocenters. The van der Waals surface area contributed by atoms with Crippen molar-refractivity contribution in [3.63, 3.8) is 0 Å². The number of nitriles is 1. The smallest absolute Gasteiger partial charge is 0.321 e. The summed E-state index contributed by atoms with van der Waals surface area (Å²) in [5, 5.41) is 27.3. The SMILES string of the molecule is N#Cc1cc(CN)cc(F)c1-c1ccc(C2(O)[C@@H]3CNC[C@H]2CN(C(=O)Nc2cc(F)cc(F)c2)C3)cc1. The molecule has 2 aliphatic heterocycles. The number of fused-ring (bicyclic) bond motifs is 2. The van der Waals surface area contributed by atoms with Crippen LogP contribution >= 0.6 is 0 Å². The van der Waals surface area contributed by atoms with Gasteiger partial charge in [-0.05, 0) is 41.0 Å². The number of likely N-dealkylation sites (tertiary alicyclic amines) is 1. The van der Waals surface area contributed by atoms with Crippen molar-refractivity contribution in [1.29, 1.82) is 5.26 Å². The van der Waals surface area contributed by atoms with Crippen LogP contribution in [0.25, 0.3) is 11.1 Å². The van der Waals surface area contributed by atoms with Crippen LogP contribution in [0.4, 0.5) is 23.7 Å². The van der Waals surface area contributed by atoms with Crippen LogP contribution < -0.4 is 16.4 Å². The molecule has 2 aliphatic rings. The van der Waals surface area contributed by atoms with E-state index in [1.807, 2.05) is 6.07 Å². The van der Waals surface area contributed by atoms with Gasteiger partial charge >= 0.3 is 6.03 Å². The average molecular weight is 522 g/mol. The molecule has 3 aromatic rings. The van der Waals surface area contributed by atoms with Crippen molar-refractivity contribution < 1.29 is 23.1 Å². The quantitative estimate of drug-likeness (QED) is 0.418. The van der Waals surface area contributed by atoms with E-state index in [1.54, 1.807) is 30.3 Å². The maximum absolute atomic E-state index is 14.9. The van der Waals surface area contributed by atoms with Crippen LogP contribution in [0.5, 0.6) is 0 Å².